The maximum Gasteiger partial charge on any atom is 0.233 e. The molecule has 17 heavy (non-hydrogen) atoms. The summed E-state index contributed by atoms with van der Waals surface area (Å²) in [5.74, 6) is -1.34. The molecule has 1 amide bonds. The number of carbonyl (C=O) groups excluding carboxylic acids is 1. The Balaban J connectivity index is 2.53. The molecule has 0 spiro atoms. The van der Waals surface area contributed by atoms with Crippen LogP contribution in [-0.2, 0) is 15.6 Å². The smallest absolute Gasteiger partial charge is 0.233 e. The maximum atomic E-state index is 13.2. The molecule has 0 saturated heterocycles. The van der Waals surface area contributed by atoms with Crippen LogP contribution < -0.4 is 5.32 Å². The van der Waals surface area contributed by atoms with Gasteiger partial charge in [-0.3, -0.25) is 9.00 Å². The molecule has 4 nitrogen and oxygen atoms in total. The minimum atomic E-state index is -1.70. The van der Waals surface area contributed by atoms with Crippen molar-refractivity contribution in [1.82, 2.24) is 5.32 Å². The van der Waals surface area contributed by atoms with Crippen LogP contribution in [-0.4, -0.2) is 22.4 Å². The first-order valence-electron chi connectivity index (χ1n) is 4.91. The number of nitrogens with one attached hydrogen (secondary N) is 1. The van der Waals surface area contributed by atoms with E-state index in [0.29, 0.717) is 0 Å². The zero-order valence-electron chi connectivity index (χ0n) is 8.98. The molecular weight excluding hydrogens is 243 g/mol. The van der Waals surface area contributed by atoms with Crippen LogP contribution in [0.1, 0.15) is 6.42 Å². The highest BCUT2D eigenvalue weighted by Crippen LogP contribution is 2.11. The fraction of sp³-hybridized carbons (Fsp3) is 0.273. The van der Waals surface area contributed by atoms with Gasteiger partial charge in [0.1, 0.15) is 11.6 Å². The molecule has 0 heterocycles. The molecule has 0 fully saturated rings. The molecule has 1 unspecified atom stereocenters. The summed E-state index contributed by atoms with van der Waals surface area (Å²) < 4.78 is 24.9. The van der Waals surface area contributed by atoms with Gasteiger partial charge in [0.25, 0.3) is 0 Å². The summed E-state index contributed by atoms with van der Waals surface area (Å²) in [6.45, 7) is 0.212. The Labute approximate surface area is 101 Å². The Morgan fingerprint density at radius 1 is 1.47 bits per heavy atom. The lowest BCUT2D eigenvalue weighted by Gasteiger charge is -2.04. The van der Waals surface area contributed by atoms with E-state index in [4.69, 9.17) is 5.26 Å². The highest BCUT2D eigenvalue weighted by molar-refractivity contribution is 7.85. The summed E-state index contributed by atoms with van der Waals surface area (Å²) in [4.78, 5) is 11.3. The zero-order valence-corrected chi connectivity index (χ0v) is 9.80. The fourth-order valence-corrected chi connectivity index (χ4v) is 2.15. The van der Waals surface area contributed by atoms with Crippen molar-refractivity contribution in [1.29, 1.82) is 5.26 Å². The van der Waals surface area contributed by atoms with Crippen molar-refractivity contribution >= 4 is 16.7 Å². The van der Waals surface area contributed by atoms with E-state index in [-0.39, 0.29) is 23.6 Å². The van der Waals surface area contributed by atoms with Gasteiger partial charge in [0.05, 0.1) is 28.2 Å². The minimum Gasteiger partial charge on any atom is -0.354 e. The molecule has 0 aliphatic carbocycles. The minimum absolute atomic E-state index is 0.0166. The Hall–Kier alpha value is -1.74. The molecule has 1 atom stereocenters. The van der Waals surface area contributed by atoms with E-state index >= 15 is 0 Å². The molecule has 1 rings (SSSR count). The normalized spacial score (nSPS) is 11.5. The second kappa shape index (κ2) is 6.76. The van der Waals surface area contributed by atoms with Gasteiger partial charge < -0.3 is 5.32 Å². The van der Waals surface area contributed by atoms with Crippen LogP contribution in [0.4, 0.5) is 4.39 Å². The summed E-state index contributed by atoms with van der Waals surface area (Å²) in [6, 6.07) is 7.49. The summed E-state index contributed by atoms with van der Waals surface area (Å²) >= 11 is 0. The van der Waals surface area contributed by atoms with Crippen LogP contribution in [0.2, 0.25) is 0 Å². The first-order valence-corrected chi connectivity index (χ1v) is 6.23. The number of nitrogens with zero attached hydrogens (tertiary/aromatic N) is 1. The van der Waals surface area contributed by atoms with E-state index in [1.165, 1.54) is 18.2 Å². The van der Waals surface area contributed by atoms with E-state index in [9.17, 15) is 13.4 Å². The number of benzene rings is 1. The largest absolute Gasteiger partial charge is 0.354 e. The van der Waals surface area contributed by atoms with Crippen LogP contribution in [0.25, 0.3) is 0 Å². The molecule has 0 radical (unpaired) electrons. The number of halogens is 1. The molecule has 90 valence electrons. The molecule has 0 bridgehead atoms. The van der Waals surface area contributed by atoms with Crippen LogP contribution in [0.15, 0.2) is 29.2 Å². The third-order valence-corrected chi connectivity index (χ3v) is 3.25. The number of amides is 1. The molecule has 1 aromatic carbocycles. The molecule has 0 saturated carbocycles. The number of hydrogen-bond donors (Lipinski definition) is 1. The summed E-state index contributed by atoms with van der Waals surface area (Å²) in [7, 11) is -1.70. The lowest BCUT2D eigenvalue weighted by Crippen LogP contribution is -2.29. The van der Waals surface area contributed by atoms with Gasteiger partial charge in [-0.05, 0) is 12.1 Å². The van der Waals surface area contributed by atoms with Gasteiger partial charge in [-0.2, -0.15) is 5.26 Å². The number of rotatable bonds is 5. The second-order valence-electron chi connectivity index (χ2n) is 3.18. The van der Waals surface area contributed by atoms with Crippen molar-refractivity contribution < 1.29 is 13.4 Å². The third kappa shape index (κ3) is 4.33. The summed E-state index contributed by atoms with van der Waals surface area (Å²) in [6.07, 6.45) is 0.193. The highest BCUT2D eigenvalue weighted by Gasteiger charge is 2.13. The van der Waals surface area contributed by atoms with Crippen molar-refractivity contribution in [2.24, 2.45) is 0 Å². The molecule has 6 heteroatoms. The van der Waals surface area contributed by atoms with E-state index in [1.54, 1.807) is 6.07 Å². The van der Waals surface area contributed by atoms with Crippen molar-refractivity contribution in [2.75, 3.05) is 12.3 Å². The first-order chi connectivity index (χ1) is 8.15. The Morgan fingerprint density at radius 2 is 2.18 bits per heavy atom. The average molecular weight is 254 g/mol. The third-order valence-electron chi connectivity index (χ3n) is 1.90. The van der Waals surface area contributed by atoms with Gasteiger partial charge in [-0.15, -0.1) is 0 Å². The Morgan fingerprint density at radius 3 is 2.82 bits per heavy atom. The number of hydrogen-bond acceptors (Lipinski definition) is 3. The number of nitriles is 1. The van der Waals surface area contributed by atoms with E-state index in [0.717, 1.165) is 0 Å². The molecule has 0 aliphatic heterocycles. The zero-order chi connectivity index (χ0) is 12.7. The van der Waals surface area contributed by atoms with Gasteiger partial charge in [0, 0.05) is 6.54 Å². The van der Waals surface area contributed by atoms with Crippen LogP contribution >= 0.6 is 0 Å². The van der Waals surface area contributed by atoms with E-state index in [1.807, 2.05) is 6.07 Å². The van der Waals surface area contributed by atoms with Crippen LogP contribution in [0.5, 0.6) is 0 Å². The maximum absolute atomic E-state index is 13.2. The monoisotopic (exact) mass is 254 g/mol. The SMILES string of the molecule is N#CCCNC(=O)CS(=O)c1ccccc1F. The molecule has 1 aromatic rings. The van der Waals surface area contributed by atoms with E-state index < -0.39 is 22.5 Å². The highest BCUT2D eigenvalue weighted by atomic mass is 32.2. The van der Waals surface area contributed by atoms with Gasteiger partial charge in [-0.1, -0.05) is 12.1 Å². The first kappa shape index (κ1) is 13.3. The van der Waals surface area contributed by atoms with Gasteiger partial charge in [-0.25, -0.2) is 4.39 Å². The van der Waals surface area contributed by atoms with Crippen molar-refractivity contribution in [3.8, 4) is 6.07 Å². The standard InChI is InChI=1S/C11H11FN2O2S/c12-9-4-1-2-5-10(9)17(16)8-11(15)14-7-3-6-13/h1-2,4-5H,3,7-8H2,(H,14,15). The lowest BCUT2D eigenvalue weighted by atomic mass is 10.3. The Kier molecular flexibility index (Phi) is 5.30. The Bertz CT molecular complexity index is 471. The predicted molar refractivity (Wildman–Crippen MR) is 60.9 cm³/mol. The summed E-state index contributed by atoms with van der Waals surface area (Å²) in [5, 5.41) is 10.7. The topological polar surface area (TPSA) is 70.0 Å². The van der Waals surface area contributed by atoms with Crippen LogP contribution in [0.3, 0.4) is 0 Å². The van der Waals surface area contributed by atoms with Gasteiger partial charge >= 0.3 is 0 Å². The van der Waals surface area contributed by atoms with Crippen LogP contribution in [0, 0.1) is 17.1 Å². The average Bonchev–Trinajstić information content (AvgIpc) is 2.29. The molecule has 1 N–H and O–H groups in total. The molecule has 0 aromatic heterocycles. The van der Waals surface area contributed by atoms with Crippen molar-refractivity contribution in [2.45, 2.75) is 11.3 Å². The quantitative estimate of drug-likeness (QED) is 0.796. The van der Waals surface area contributed by atoms with Crippen molar-refractivity contribution in [3.63, 3.8) is 0 Å². The molecule has 0 aliphatic rings. The van der Waals surface area contributed by atoms with E-state index in [2.05, 4.69) is 5.32 Å². The van der Waals surface area contributed by atoms with Gasteiger partial charge in [0.15, 0.2) is 0 Å². The van der Waals surface area contributed by atoms with Crippen molar-refractivity contribution in [3.05, 3.63) is 30.1 Å². The second-order valence-corrected chi connectivity index (χ2v) is 4.60. The fourth-order valence-electron chi connectivity index (χ4n) is 1.14. The predicted octanol–water partition coefficient (Wildman–Crippen LogP) is 0.963. The summed E-state index contributed by atoms with van der Waals surface area (Å²) in [5.41, 5.74) is 0. The molecular formula is C11H11FN2O2S. The lowest BCUT2D eigenvalue weighted by molar-refractivity contribution is -0.118. The number of carbonyl (C=O) groups is 1. The van der Waals surface area contributed by atoms with Gasteiger partial charge in [0.2, 0.25) is 5.91 Å².